The summed E-state index contributed by atoms with van der Waals surface area (Å²) in [4.78, 5) is 7.11. The number of rotatable bonds is 3. The number of nitrogens with zero attached hydrogens (tertiary/aromatic N) is 4. The van der Waals surface area contributed by atoms with Crippen LogP contribution in [0.15, 0.2) is 30.5 Å². The largest absolute Gasteiger partial charge is 0.308 e. The van der Waals surface area contributed by atoms with E-state index >= 15 is 0 Å². The van der Waals surface area contributed by atoms with E-state index in [1.165, 1.54) is 11.0 Å². The zero-order valence-corrected chi connectivity index (χ0v) is 13.6. The third-order valence-corrected chi connectivity index (χ3v) is 3.90. The number of para-hydroxylation sites is 2. The van der Waals surface area contributed by atoms with Gasteiger partial charge >= 0.3 is 0 Å². The minimum absolute atomic E-state index is 0.0690. The van der Waals surface area contributed by atoms with Crippen LogP contribution in [0.4, 0.5) is 0 Å². The van der Waals surface area contributed by atoms with Crippen molar-refractivity contribution in [1.82, 2.24) is 18.9 Å². The molecule has 0 aliphatic heterocycles. The second-order valence-corrected chi connectivity index (χ2v) is 6.99. The normalized spacial score (nSPS) is 12.9. The molecule has 0 fully saturated rings. The molecule has 0 spiro atoms. The van der Waals surface area contributed by atoms with Gasteiger partial charge in [-0.2, -0.15) is 0 Å². The Balaban J connectivity index is 2.22. The van der Waals surface area contributed by atoms with Crippen molar-refractivity contribution in [3.63, 3.8) is 0 Å². The number of benzene rings is 1. The van der Waals surface area contributed by atoms with E-state index in [0.29, 0.717) is 0 Å². The van der Waals surface area contributed by atoms with Crippen LogP contribution in [0.2, 0.25) is 0 Å². The molecule has 0 bridgehead atoms. The molecule has 2 heterocycles. The van der Waals surface area contributed by atoms with Crippen LogP contribution in [0.5, 0.6) is 0 Å². The van der Waals surface area contributed by atoms with Crippen molar-refractivity contribution < 1.29 is 0 Å². The quantitative estimate of drug-likeness (QED) is 0.738. The molecule has 0 N–H and O–H groups in total. The van der Waals surface area contributed by atoms with E-state index in [-0.39, 0.29) is 5.41 Å². The van der Waals surface area contributed by atoms with Gasteiger partial charge in [-0.1, -0.05) is 32.9 Å². The zero-order chi connectivity index (χ0) is 15.2. The van der Waals surface area contributed by atoms with Gasteiger partial charge < -0.3 is 9.47 Å². The molecule has 21 heavy (non-hydrogen) atoms. The van der Waals surface area contributed by atoms with Crippen LogP contribution in [-0.4, -0.2) is 39.5 Å². The molecule has 1 aromatic carbocycles. The van der Waals surface area contributed by atoms with Crippen LogP contribution in [0.3, 0.4) is 0 Å². The van der Waals surface area contributed by atoms with E-state index in [4.69, 9.17) is 4.98 Å². The molecule has 3 rings (SSSR count). The topological polar surface area (TPSA) is 25.5 Å². The fraction of sp³-hybridized carbons (Fsp3) is 0.471. The molecule has 4 heteroatoms. The summed E-state index contributed by atoms with van der Waals surface area (Å²) in [5.41, 5.74) is 3.69. The zero-order valence-electron chi connectivity index (χ0n) is 13.6. The van der Waals surface area contributed by atoms with Crippen LogP contribution in [0, 0.1) is 0 Å². The fourth-order valence-corrected chi connectivity index (χ4v) is 2.62. The lowest BCUT2D eigenvalue weighted by Gasteiger charge is -2.14. The first-order chi connectivity index (χ1) is 9.88. The van der Waals surface area contributed by atoms with Gasteiger partial charge in [-0.25, -0.2) is 4.98 Å². The average Bonchev–Trinajstić information content (AvgIpc) is 2.93. The lowest BCUT2D eigenvalue weighted by molar-refractivity contribution is 0.388. The minimum Gasteiger partial charge on any atom is -0.308 e. The van der Waals surface area contributed by atoms with E-state index in [1.807, 2.05) is 0 Å². The molecule has 112 valence electrons. The van der Waals surface area contributed by atoms with Gasteiger partial charge in [-0.05, 0) is 26.2 Å². The van der Waals surface area contributed by atoms with Crippen molar-refractivity contribution >= 4 is 16.8 Å². The fourth-order valence-electron chi connectivity index (χ4n) is 2.62. The second-order valence-electron chi connectivity index (χ2n) is 6.99. The van der Waals surface area contributed by atoms with Crippen LogP contribution >= 0.6 is 0 Å². The van der Waals surface area contributed by atoms with Crippen LogP contribution in [-0.2, 0) is 12.0 Å². The van der Waals surface area contributed by atoms with Crippen molar-refractivity contribution in [2.75, 3.05) is 20.6 Å². The maximum atomic E-state index is 4.91. The summed E-state index contributed by atoms with van der Waals surface area (Å²) in [6.45, 7) is 8.58. The van der Waals surface area contributed by atoms with Crippen molar-refractivity contribution in [3.05, 3.63) is 36.2 Å². The monoisotopic (exact) mass is 284 g/mol. The van der Waals surface area contributed by atoms with E-state index in [2.05, 4.69) is 79.2 Å². The Bertz CT molecular complexity index is 771. The molecule has 0 atom stereocenters. The summed E-state index contributed by atoms with van der Waals surface area (Å²) in [5, 5.41) is 0. The van der Waals surface area contributed by atoms with Crippen molar-refractivity contribution in [2.45, 2.75) is 32.7 Å². The molecule has 0 amide bonds. The Morgan fingerprint density at radius 3 is 2.38 bits per heavy atom. The molecule has 0 aliphatic carbocycles. The first-order valence-electron chi connectivity index (χ1n) is 7.49. The van der Waals surface area contributed by atoms with Gasteiger partial charge in [0.15, 0.2) is 0 Å². The second kappa shape index (κ2) is 4.88. The Hall–Kier alpha value is -1.81. The van der Waals surface area contributed by atoms with Crippen LogP contribution < -0.4 is 0 Å². The number of imidazole rings is 2. The Kier molecular flexibility index (Phi) is 3.29. The lowest BCUT2D eigenvalue weighted by atomic mass is 9.93. The summed E-state index contributed by atoms with van der Waals surface area (Å²) >= 11 is 0. The number of likely N-dealkylation sites (N-methyl/N-ethyl adjacent to an activating group) is 1. The Morgan fingerprint density at radius 1 is 1.10 bits per heavy atom. The average molecular weight is 284 g/mol. The number of aromatic nitrogens is 3. The van der Waals surface area contributed by atoms with Gasteiger partial charge in [0.05, 0.1) is 16.7 Å². The van der Waals surface area contributed by atoms with Crippen molar-refractivity contribution in [3.8, 4) is 0 Å². The van der Waals surface area contributed by atoms with E-state index in [9.17, 15) is 0 Å². The Morgan fingerprint density at radius 2 is 1.76 bits per heavy atom. The highest BCUT2D eigenvalue weighted by molar-refractivity contribution is 5.81. The molecular formula is C17H24N4. The summed E-state index contributed by atoms with van der Waals surface area (Å²) in [5.74, 6) is 1.04. The van der Waals surface area contributed by atoms with Gasteiger partial charge in [0.2, 0.25) is 5.78 Å². The first kappa shape index (κ1) is 14.1. The maximum Gasteiger partial charge on any atom is 0.215 e. The SMILES string of the molecule is CN(C)CCn1c2ccccc2n2cc(C(C)(C)C)nc12. The summed E-state index contributed by atoms with van der Waals surface area (Å²) in [6.07, 6.45) is 2.18. The first-order valence-corrected chi connectivity index (χ1v) is 7.49. The van der Waals surface area contributed by atoms with Crippen LogP contribution in [0.25, 0.3) is 16.8 Å². The van der Waals surface area contributed by atoms with Gasteiger partial charge in [0.1, 0.15) is 0 Å². The molecule has 2 aromatic heterocycles. The summed E-state index contributed by atoms with van der Waals surface area (Å²) < 4.78 is 4.55. The number of fused-ring (bicyclic) bond motifs is 3. The van der Waals surface area contributed by atoms with E-state index in [0.717, 1.165) is 24.6 Å². The van der Waals surface area contributed by atoms with Crippen molar-refractivity contribution in [1.29, 1.82) is 0 Å². The molecule has 0 saturated carbocycles. The number of hydrogen-bond acceptors (Lipinski definition) is 2. The molecule has 3 aromatic rings. The predicted molar refractivity (Wildman–Crippen MR) is 87.9 cm³/mol. The van der Waals surface area contributed by atoms with E-state index in [1.54, 1.807) is 0 Å². The standard InChI is InChI=1S/C17H24N4/c1-17(2,3)15-12-21-14-9-7-6-8-13(14)20(16(21)18-15)11-10-19(4)5/h6-9,12H,10-11H2,1-5H3. The lowest BCUT2D eigenvalue weighted by Crippen LogP contribution is -2.18. The van der Waals surface area contributed by atoms with Crippen LogP contribution in [0.1, 0.15) is 26.5 Å². The van der Waals surface area contributed by atoms with Gasteiger partial charge in [-0.3, -0.25) is 4.40 Å². The Labute approximate surface area is 126 Å². The maximum absolute atomic E-state index is 4.91. The van der Waals surface area contributed by atoms with E-state index < -0.39 is 0 Å². The van der Waals surface area contributed by atoms with Gasteiger partial charge in [0, 0.05) is 24.7 Å². The highest BCUT2D eigenvalue weighted by Crippen LogP contribution is 2.26. The molecular weight excluding hydrogens is 260 g/mol. The highest BCUT2D eigenvalue weighted by atomic mass is 15.2. The summed E-state index contributed by atoms with van der Waals surface area (Å²) in [7, 11) is 4.21. The molecule has 0 aliphatic rings. The van der Waals surface area contributed by atoms with Gasteiger partial charge in [-0.15, -0.1) is 0 Å². The predicted octanol–water partition coefficient (Wildman–Crippen LogP) is 3.15. The third kappa shape index (κ3) is 2.44. The third-order valence-electron chi connectivity index (χ3n) is 3.90. The van der Waals surface area contributed by atoms with Gasteiger partial charge in [0.25, 0.3) is 0 Å². The molecule has 0 unspecified atom stereocenters. The molecule has 0 saturated heterocycles. The molecule has 0 radical (unpaired) electrons. The summed E-state index contributed by atoms with van der Waals surface area (Å²) in [6, 6.07) is 8.53. The van der Waals surface area contributed by atoms with Crippen molar-refractivity contribution in [2.24, 2.45) is 0 Å². The highest BCUT2D eigenvalue weighted by Gasteiger charge is 2.21. The number of hydrogen-bond donors (Lipinski definition) is 0. The smallest absolute Gasteiger partial charge is 0.215 e. The minimum atomic E-state index is 0.0690. The molecule has 4 nitrogen and oxygen atoms in total.